The Bertz CT molecular complexity index is 827. The molecule has 0 atom stereocenters. The zero-order chi connectivity index (χ0) is 19.3. The van der Waals surface area contributed by atoms with Gasteiger partial charge in [0.2, 0.25) is 11.8 Å². The van der Waals surface area contributed by atoms with E-state index in [1.54, 1.807) is 30.3 Å². The number of methoxy groups -OCH3 is 2. The Morgan fingerprint density at radius 2 is 1.77 bits per heavy atom. The summed E-state index contributed by atoms with van der Waals surface area (Å²) in [7, 11) is 3.01. The number of hydrogen-bond donors (Lipinski definition) is 1. The smallest absolute Gasteiger partial charge is 0.244 e. The second kappa shape index (κ2) is 8.78. The Hall–Kier alpha value is -2.44. The molecule has 6 nitrogen and oxygen atoms in total. The summed E-state index contributed by atoms with van der Waals surface area (Å²) >= 11 is 11.8. The Balaban J connectivity index is 2.21. The Morgan fingerprint density at radius 3 is 2.35 bits per heavy atom. The lowest BCUT2D eigenvalue weighted by molar-refractivity contribution is -0.120. The largest absolute Gasteiger partial charge is 0.497 e. The van der Waals surface area contributed by atoms with E-state index in [1.807, 2.05) is 0 Å². The van der Waals surface area contributed by atoms with Crippen molar-refractivity contribution in [2.45, 2.75) is 6.92 Å². The molecular weight excluding hydrogens is 379 g/mol. The zero-order valence-corrected chi connectivity index (χ0v) is 16.0. The van der Waals surface area contributed by atoms with Crippen LogP contribution in [0.5, 0.6) is 11.5 Å². The van der Waals surface area contributed by atoms with Crippen molar-refractivity contribution in [1.82, 2.24) is 0 Å². The standard InChI is InChI=1S/C18H18Cl2N2O4/c1-11(23)22(16-7-5-13(25-2)9-17(16)26-3)10-18(24)21-12-4-6-14(19)15(20)8-12/h4-9H,10H2,1-3H3,(H,21,24). The lowest BCUT2D eigenvalue weighted by Gasteiger charge is -2.23. The monoisotopic (exact) mass is 396 g/mol. The highest BCUT2D eigenvalue weighted by Crippen LogP contribution is 2.32. The summed E-state index contributed by atoms with van der Waals surface area (Å²) in [5.41, 5.74) is 0.944. The summed E-state index contributed by atoms with van der Waals surface area (Å²) in [6, 6.07) is 9.72. The number of ether oxygens (including phenoxy) is 2. The van der Waals surface area contributed by atoms with Crippen LogP contribution in [0.2, 0.25) is 10.0 Å². The van der Waals surface area contributed by atoms with Crippen LogP contribution in [0.1, 0.15) is 6.92 Å². The van der Waals surface area contributed by atoms with Crippen molar-refractivity contribution in [3.63, 3.8) is 0 Å². The molecule has 2 amide bonds. The van der Waals surface area contributed by atoms with Gasteiger partial charge in [-0.15, -0.1) is 0 Å². The average Bonchev–Trinajstić information content (AvgIpc) is 2.62. The van der Waals surface area contributed by atoms with E-state index in [2.05, 4.69) is 5.32 Å². The molecule has 0 heterocycles. The maximum atomic E-state index is 12.4. The molecule has 0 saturated heterocycles. The lowest BCUT2D eigenvalue weighted by atomic mass is 10.2. The average molecular weight is 397 g/mol. The van der Waals surface area contributed by atoms with Crippen molar-refractivity contribution in [1.29, 1.82) is 0 Å². The third-order valence-corrected chi connectivity index (χ3v) is 4.30. The van der Waals surface area contributed by atoms with Gasteiger partial charge in [-0.2, -0.15) is 0 Å². The summed E-state index contributed by atoms with van der Waals surface area (Å²) in [4.78, 5) is 25.8. The highest BCUT2D eigenvalue weighted by Gasteiger charge is 2.20. The summed E-state index contributed by atoms with van der Waals surface area (Å²) in [6.45, 7) is 1.17. The fourth-order valence-corrected chi connectivity index (χ4v) is 2.59. The molecule has 0 spiro atoms. The van der Waals surface area contributed by atoms with Gasteiger partial charge in [0, 0.05) is 18.7 Å². The van der Waals surface area contributed by atoms with Crippen LogP contribution in [0.3, 0.4) is 0 Å². The minimum absolute atomic E-state index is 0.196. The summed E-state index contributed by atoms with van der Waals surface area (Å²) in [5, 5.41) is 3.39. The SMILES string of the molecule is COc1ccc(N(CC(=O)Nc2ccc(Cl)c(Cl)c2)C(C)=O)c(OC)c1. The number of nitrogens with zero attached hydrogens (tertiary/aromatic N) is 1. The number of rotatable bonds is 6. The Labute approximate surface area is 161 Å². The van der Waals surface area contributed by atoms with Gasteiger partial charge < -0.3 is 14.8 Å². The van der Waals surface area contributed by atoms with E-state index in [0.717, 1.165) is 0 Å². The van der Waals surface area contributed by atoms with Gasteiger partial charge in [-0.1, -0.05) is 23.2 Å². The third kappa shape index (κ3) is 4.80. The van der Waals surface area contributed by atoms with E-state index in [1.165, 1.54) is 32.1 Å². The fraction of sp³-hybridized carbons (Fsp3) is 0.222. The van der Waals surface area contributed by atoms with Crippen LogP contribution in [-0.4, -0.2) is 32.6 Å². The number of anilines is 2. The molecule has 26 heavy (non-hydrogen) atoms. The normalized spacial score (nSPS) is 10.2. The number of amides is 2. The third-order valence-electron chi connectivity index (χ3n) is 3.56. The number of hydrogen-bond acceptors (Lipinski definition) is 4. The molecule has 2 rings (SSSR count). The van der Waals surface area contributed by atoms with E-state index in [-0.39, 0.29) is 12.5 Å². The molecule has 0 fully saturated rings. The van der Waals surface area contributed by atoms with Crippen LogP contribution >= 0.6 is 23.2 Å². The maximum Gasteiger partial charge on any atom is 0.244 e. The van der Waals surface area contributed by atoms with E-state index in [0.29, 0.717) is 32.9 Å². The summed E-state index contributed by atoms with van der Waals surface area (Å²) < 4.78 is 10.5. The second-order valence-corrected chi connectivity index (χ2v) is 6.13. The first-order valence-corrected chi connectivity index (χ1v) is 8.36. The predicted octanol–water partition coefficient (Wildman–Crippen LogP) is 4.00. The van der Waals surface area contributed by atoms with Crippen LogP contribution in [0.15, 0.2) is 36.4 Å². The van der Waals surface area contributed by atoms with Crippen molar-refractivity contribution < 1.29 is 19.1 Å². The van der Waals surface area contributed by atoms with Crippen LogP contribution < -0.4 is 19.7 Å². The van der Waals surface area contributed by atoms with Crippen LogP contribution in [0.25, 0.3) is 0 Å². The number of carbonyl (C=O) groups excluding carboxylic acids is 2. The highest BCUT2D eigenvalue weighted by molar-refractivity contribution is 6.42. The molecule has 2 aromatic rings. The summed E-state index contributed by atoms with van der Waals surface area (Å²) in [6.07, 6.45) is 0. The van der Waals surface area contributed by atoms with Gasteiger partial charge in [-0.3, -0.25) is 14.5 Å². The van der Waals surface area contributed by atoms with Crippen LogP contribution in [-0.2, 0) is 9.59 Å². The van der Waals surface area contributed by atoms with Gasteiger partial charge >= 0.3 is 0 Å². The van der Waals surface area contributed by atoms with Gasteiger partial charge in [0.15, 0.2) is 0 Å². The number of carbonyl (C=O) groups is 2. The van der Waals surface area contributed by atoms with Crippen molar-refractivity contribution in [3.05, 3.63) is 46.4 Å². The molecule has 1 N–H and O–H groups in total. The number of benzene rings is 2. The topological polar surface area (TPSA) is 67.9 Å². The minimum atomic E-state index is -0.392. The molecule has 0 unspecified atom stereocenters. The highest BCUT2D eigenvalue weighted by atomic mass is 35.5. The minimum Gasteiger partial charge on any atom is -0.497 e. The first kappa shape index (κ1) is 19.9. The molecule has 0 aromatic heterocycles. The molecule has 8 heteroatoms. The van der Waals surface area contributed by atoms with Gasteiger partial charge in [0.25, 0.3) is 0 Å². The van der Waals surface area contributed by atoms with Crippen molar-refractivity contribution in [3.8, 4) is 11.5 Å². The van der Waals surface area contributed by atoms with Gasteiger partial charge in [0.05, 0.1) is 30.0 Å². The van der Waals surface area contributed by atoms with Gasteiger partial charge in [0.1, 0.15) is 18.0 Å². The summed E-state index contributed by atoms with van der Waals surface area (Å²) in [5.74, 6) is 0.297. The molecule has 0 bridgehead atoms. The van der Waals surface area contributed by atoms with E-state index in [4.69, 9.17) is 32.7 Å². The molecule has 0 radical (unpaired) electrons. The van der Waals surface area contributed by atoms with Crippen LogP contribution in [0, 0.1) is 0 Å². The lowest BCUT2D eigenvalue weighted by Crippen LogP contribution is -2.36. The molecule has 0 aliphatic heterocycles. The molecule has 0 aliphatic carbocycles. The Kier molecular flexibility index (Phi) is 6.71. The molecule has 0 aliphatic rings. The van der Waals surface area contributed by atoms with Crippen molar-refractivity contribution in [2.24, 2.45) is 0 Å². The number of nitrogens with one attached hydrogen (secondary N) is 1. The molecular formula is C18H18Cl2N2O4. The molecule has 2 aromatic carbocycles. The van der Waals surface area contributed by atoms with Crippen LogP contribution in [0.4, 0.5) is 11.4 Å². The fourth-order valence-electron chi connectivity index (χ4n) is 2.29. The van der Waals surface area contributed by atoms with Gasteiger partial charge in [-0.05, 0) is 30.3 Å². The number of halogens is 2. The van der Waals surface area contributed by atoms with Gasteiger partial charge in [-0.25, -0.2) is 0 Å². The van der Waals surface area contributed by atoms with E-state index >= 15 is 0 Å². The Morgan fingerprint density at radius 1 is 1.04 bits per heavy atom. The zero-order valence-electron chi connectivity index (χ0n) is 14.5. The van der Waals surface area contributed by atoms with Crippen molar-refractivity contribution in [2.75, 3.05) is 31.0 Å². The second-order valence-electron chi connectivity index (χ2n) is 5.32. The molecule has 138 valence electrons. The molecule has 0 saturated carbocycles. The first-order chi connectivity index (χ1) is 12.3. The quantitative estimate of drug-likeness (QED) is 0.800. The predicted molar refractivity (Wildman–Crippen MR) is 103 cm³/mol. The first-order valence-electron chi connectivity index (χ1n) is 7.60. The van der Waals surface area contributed by atoms with E-state index < -0.39 is 5.91 Å². The maximum absolute atomic E-state index is 12.4. The van der Waals surface area contributed by atoms with Crippen molar-refractivity contribution >= 4 is 46.4 Å². The van der Waals surface area contributed by atoms with E-state index in [9.17, 15) is 9.59 Å².